The lowest BCUT2D eigenvalue weighted by atomic mass is 10.2. The fourth-order valence-corrected chi connectivity index (χ4v) is 2.85. The van der Waals surface area contributed by atoms with Crippen molar-refractivity contribution < 1.29 is 23.1 Å². The smallest absolute Gasteiger partial charge is 0.224 e. The molecule has 6 nitrogen and oxygen atoms in total. The van der Waals surface area contributed by atoms with Crippen LogP contribution in [0.5, 0.6) is 5.75 Å². The van der Waals surface area contributed by atoms with E-state index in [1.54, 1.807) is 43.5 Å². The number of rotatable bonds is 9. The lowest BCUT2D eigenvalue weighted by Crippen LogP contribution is -2.14. The molecule has 0 unspecified atom stereocenters. The van der Waals surface area contributed by atoms with Gasteiger partial charge in [-0.2, -0.15) is 0 Å². The molecule has 0 aliphatic heterocycles. The molecule has 0 aliphatic carbocycles. The van der Waals surface area contributed by atoms with E-state index in [0.717, 1.165) is 0 Å². The molecule has 0 aliphatic rings. The third-order valence-corrected chi connectivity index (χ3v) is 4.33. The van der Waals surface area contributed by atoms with Crippen LogP contribution >= 0.6 is 11.6 Å². The highest BCUT2D eigenvalue weighted by molar-refractivity contribution is 6.32. The van der Waals surface area contributed by atoms with Crippen molar-refractivity contribution in [3.05, 3.63) is 65.4 Å². The van der Waals surface area contributed by atoms with Crippen molar-refractivity contribution in [3.63, 3.8) is 0 Å². The highest BCUT2D eigenvalue weighted by Crippen LogP contribution is 2.33. The fraction of sp³-hybridized carbons (Fsp3) is 0.238. The average Bonchev–Trinajstić information content (AvgIpc) is 3.18. The second-order valence-electron chi connectivity index (χ2n) is 6.10. The van der Waals surface area contributed by atoms with Gasteiger partial charge in [0.1, 0.15) is 12.4 Å². The van der Waals surface area contributed by atoms with Crippen molar-refractivity contribution >= 4 is 23.2 Å². The number of carbonyl (C=O) groups is 1. The topological polar surface area (TPSA) is 73.6 Å². The Morgan fingerprint density at radius 1 is 1.21 bits per heavy atom. The molecule has 1 N–H and O–H groups in total. The second-order valence-corrected chi connectivity index (χ2v) is 6.51. The van der Waals surface area contributed by atoms with E-state index in [-0.39, 0.29) is 18.7 Å². The number of carbonyl (C=O) groups excluding carboxylic acids is 1. The molecule has 3 aromatic rings. The normalized spacial score (nSPS) is 10.7. The summed E-state index contributed by atoms with van der Waals surface area (Å²) in [5.74, 6) is 0.408. The van der Waals surface area contributed by atoms with Crippen molar-refractivity contribution in [1.82, 2.24) is 4.98 Å². The molecule has 3 rings (SSSR count). The van der Waals surface area contributed by atoms with Gasteiger partial charge in [-0.15, -0.1) is 0 Å². The molecular weight excluding hydrogens is 399 g/mol. The lowest BCUT2D eigenvalue weighted by molar-refractivity contribution is -0.116. The van der Waals surface area contributed by atoms with E-state index in [1.165, 1.54) is 12.3 Å². The van der Waals surface area contributed by atoms with Gasteiger partial charge < -0.3 is 19.2 Å². The first kappa shape index (κ1) is 20.8. The number of nitrogens with zero attached hydrogens (tertiary/aromatic N) is 1. The van der Waals surface area contributed by atoms with Gasteiger partial charge in [-0.25, -0.2) is 9.37 Å². The zero-order valence-electron chi connectivity index (χ0n) is 15.8. The van der Waals surface area contributed by atoms with Crippen LogP contribution in [0.3, 0.4) is 0 Å². The first-order chi connectivity index (χ1) is 14.1. The summed E-state index contributed by atoms with van der Waals surface area (Å²) in [5, 5.41) is 3.17. The van der Waals surface area contributed by atoms with Gasteiger partial charge in [-0.3, -0.25) is 4.79 Å². The number of benzene rings is 2. The van der Waals surface area contributed by atoms with Gasteiger partial charge in [-0.05, 0) is 24.3 Å². The summed E-state index contributed by atoms with van der Waals surface area (Å²) >= 11 is 6.17. The molecule has 0 atom stereocenters. The Hall–Kier alpha value is -2.90. The SMILES string of the molecule is COCCOc1c(Cl)cccc1NC(=O)CCc1ncc(-c2ccccc2F)o1. The number of methoxy groups -OCH3 is 1. The quantitative estimate of drug-likeness (QED) is 0.508. The average molecular weight is 419 g/mol. The van der Waals surface area contributed by atoms with Gasteiger partial charge in [-0.1, -0.05) is 29.8 Å². The monoisotopic (exact) mass is 418 g/mol. The Labute approximate surface area is 172 Å². The van der Waals surface area contributed by atoms with Crippen LogP contribution in [0.25, 0.3) is 11.3 Å². The predicted octanol–water partition coefficient (Wildman–Crippen LogP) is 4.73. The van der Waals surface area contributed by atoms with Crippen molar-refractivity contribution in [3.8, 4) is 17.1 Å². The molecule has 152 valence electrons. The first-order valence-electron chi connectivity index (χ1n) is 8.98. The third-order valence-electron chi connectivity index (χ3n) is 4.03. The maximum Gasteiger partial charge on any atom is 0.224 e. The molecule has 0 spiro atoms. The largest absolute Gasteiger partial charge is 0.487 e. The Bertz CT molecular complexity index is 977. The molecule has 8 heteroatoms. The van der Waals surface area contributed by atoms with Crippen molar-refractivity contribution in [2.75, 3.05) is 25.6 Å². The van der Waals surface area contributed by atoms with E-state index in [9.17, 15) is 9.18 Å². The highest BCUT2D eigenvalue weighted by atomic mass is 35.5. The number of nitrogens with one attached hydrogen (secondary N) is 1. The molecule has 1 heterocycles. The number of ether oxygens (including phenoxy) is 2. The zero-order valence-corrected chi connectivity index (χ0v) is 16.5. The molecule has 1 aromatic heterocycles. The number of anilines is 1. The minimum absolute atomic E-state index is 0.126. The van der Waals surface area contributed by atoms with E-state index >= 15 is 0 Å². The van der Waals surface area contributed by atoms with Crippen LogP contribution in [0.2, 0.25) is 5.02 Å². The number of aryl methyl sites for hydroxylation is 1. The maximum absolute atomic E-state index is 13.8. The minimum atomic E-state index is -0.394. The number of oxazole rings is 1. The van der Waals surface area contributed by atoms with Crippen molar-refractivity contribution in [1.29, 1.82) is 0 Å². The zero-order chi connectivity index (χ0) is 20.6. The van der Waals surface area contributed by atoms with Gasteiger partial charge in [0.15, 0.2) is 17.4 Å². The fourth-order valence-electron chi connectivity index (χ4n) is 2.63. The number of halogens is 2. The Kier molecular flexibility index (Phi) is 7.21. The van der Waals surface area contributed by atoms with Crippen LogP contribution < -0.4 is 10.1 Å². The molecule has 0 saturated heterocycles. The number of hydrogen-bond donors (Lipinski definition) is 1. The van der Waals surface area contributed by atoms with Gasteiger partial charge in [0.25, 0.3) is 0 Å². The van der Waals surface area contributed by atoms with Gasteiger partial charge in [0.05, 0.1) is 29.1 Å². The molecule has 0 bridgehead atoms. The Morgan fingerprint density at radius 2 is 2.03 bits per heavy atom. The highest BCUT2D eigenvalue weighted by Gasteiger charge is 2.14. The molecule has 1 amide bonds. The summed E-state index contributed by atoms with van der Waals surface area (Å²) < 4.78 is 30.0. The molecule has 0 fully saturated rings. The number of amides is 1. The number of para-hydroxylation sites is 1. The minimum Gasteiger partial charge on any atom is -0.487 e. The predicted molar refractivity (Wildman–Crippen MR) is 108 cm³/mol. The van der Waals surface area contributed by atoms with E-state index in [1.807, 2.05) is 0 Å². The summed E-state index contributed by atoms with van der Waals surface area (Å²) in [6.45, 7) is 0.700. The van der Waals surface area contributed by atoms with E-state index in [4.69, 9.17) is 25.5 Å². The standard InChI is InChI=1S/C21H20ClFN2O4/c1-27-11-12-28-21-15(22)6-4-8-17(21)25-19(26)9-10-20-24-13-18(29-20)14-5-2-3-7-16(14)23/h2-8,13H,9-12H2,1H3,(H,25,26). The second kappa shape index (κ2) is 10.0. The van der Waals surface area contributed by atoms with E-state index in [2.05, 4.69) is 10.3 Å². The van der Waals surface area contributed by atoms with Gasteiger partial charge in [0.2, 0.25) is 5.91 Å². The Balaban J connectivity index is 1.60. The van der Waals surface area contributed by atoms with E-state index in [0.29, 0.717) is 46.9 Å². The van der Waals surface area contributed by atoms with Crippen LogP contribution in [-0.2, 0) is 16.0 Å². The maximum atomic E-state index is 13.8. The molecule has 29 heavy (non-hydrogen) atoms. The van der Waals surface area contributed by atoms with E-state index < -0.39 is 5.82 Å². The van der Waals surface area contributed by atoms with Crippen molar-refractivity contribution in [2.45, 2.75) is 12.8 Å². The summed E-state index contributed by atoms with van der Waals surface area (Å²) in [6.07, 6.45) is 1.84. The summed E-state index contributed by atoms with van der Waals surface area (Å²) in [6, 6.07) is 11.4. The summed E-state index contributed by atoms with van der Waals surface area (Å²) in [4.78, 5) is 16.5. The van der Waals surface area contributed by atoms with Crippen LogP contribution in [0.15, 0.2) is 53.1 Å². The number of aromatic nitrogens is 1. The summed E-state index contributed by atoms with van der Waals surface area (Å²) in [5.41, 5.74) is 0.797. The third kappa shape index (κ3) is 5.56. The van der Waals surface area contributed by atoms with Crippen molar-refractivity contribution in [2.24, 2.45) is 0 Å². The molecule has 0 radical (unpaired) electrons. The van der Waals surface area contributed by atoms with Gasteiger partial charge >= 0.3 is 0 Å². The van der Waals surface area contributed by atoms with Crippen LogP contribution in [-0.4, -0.2) is 31.2 Å². The summed E-state index contributed by atoms with van der Waals surface area (Å²) in [7, 11) is 1.57. The van der Waals surface area contributed by atoms with Crippen LogP contribution in [0.4, 0.5) is 10.1 Å². The molecule has 2 aromatic carbocycles. The molecular formula is C21H20ClFN2O4. The Morgan fingerprint density at radius 3 is 2.83 bits per heavy atom. The van der Waals surface area contributed by atoms with Crippen LogP contribution in [0, 0.1) is 5.82 Å². The first-order valence-corrected chi connectivity index (χ1v) is 9.36. The number of hydrogen-bond acceptors (Lipinski definition) is 5. The molecule has 0 saturated carbocycles. The van der Waals surface area contributed by atoms with Gasteiger partial charge in [0, 0.05) is 20.0 Å². The lowest BCUT2D eigenvalue weighted by Gasteiger charge is -2.13. The van der Waals surface area contributed by atoms with Crippen LogP contribution in [0.1, 0.15) is 12.3 Å².